The maximum Gasteiger partial charge on any atom is 0.407 e. The van der Waals surface area contributed by atoms with Crippen molar-refractivity contribution in [2.24, 2.45) is 0 Å². The zero-order valence-corrected chi connectivity index (χ0v) is 17.2. The third-order valence-electron chi connectivity index (χ3n) is 4.54. The Kier molecular flexibility index (Phi) is 5.68. The van der Waals surface area contributed by atoms with Gasteiger partial charge in [0.05, 0.1) is 5.52 Å². The Labute approximate surface area is 166 Å². The minimum absolute atomic E-state index is 0.0843. The Balaban J connectivity index is 1.99. The Hall–Kier alpha value is -2.88. The molecule has 0 bridgehead atoms. The number of para-hydroxylation sites is 1. The molecule has 1 aromatic heterocycles. The highest BCUT2D eigenvalue weighted by Gasteiger charge is 2.20. The van der Waals surface area contributed by atoms with Crippen molar-refractivity contribution in [3.8, 4) is 11.1 Å². The lowest BCUT2D eigenvalue weighted by molar-refractivity contribution is 0.0508. The standard InChI is InChI=1S/C24H28N2O2/c1-16(25-23(27)28-24(3,4)5)15-20-17(2)26-21-14-10-9-13-19(21)22(20)18-11-7-6-8-12-18/h6-14,16H,15H2,1-5H3,(H,25,27). The van der Waals surface area contributed by atoms with E-state index in [2.05, 4.69) is 23.5 Å². The lowest BCUT2D eigenvalue weighted by Crippen LogP contribution is -2.38. The van der Waals surface area contributed by atoms with Gasteiger partial charge in [-0.2, -0.15) is 0 Å². The maximum absolute atomic E-state index is 12.2. The van der Waals surface area contributed by atoms with Gasteiger partial charge in [0.25, 0.3) is 0 Å². The number of hydrogen-bond donors (Lipinski definition) is 1. The number of hydrogen-bond acceptors (Lipinski definition) is 3. The highest BCUT2D eigenvalue weighted by Crippen LogP contribution is 2.33. The van der Waals surface area contributed by atoms with Crippen molar-refractivity contribution in [3.05, 3.63) is 65.9 Å². The van der Waals surface area contributed by atoms with Gasteiger partial charge in [0.15, 0.2) is 0 Å². The number of alkyl carbamates (subject to hydrolysis) is 1. The summed E-state index contributed by atoms with van der Waals surface area (Å²) in [5.74, 6) is 0. The molecule has 0 aliphatic rings. The molecule has 0 saturated heterocycles. The smallest absolute Gasteiger partial charge is 0.407 e. The second kappa shape index (κ2) is 8.01. The summed E-state index contributed by atoms with van der Waals surface area (Å²) in [4.78, 5) is 17.0. The second-order valence-corrected chi connectivity index (χ2v) is 8.19. The number of rotatable bonds is 4. The number of aromatic nitrogens is 1. The number of nitrogens with one attached hydrogen (secondary N) is 1. The summed E-state index contributed by atoms with van der Waals surface area (Å²) in [7, 11) is 0. The molecule has 146 valence electrons. The number of aryl methyl sites for hydroxylation is 1. The average Bonchev–Trinajstić information content (AvgIpc) is 2.61. The quantitative estimate of drug-likeness (QED) is 0.638. The summed E-state index contributed by atoms with van der Waals surface area (Å²) >= 11 is 0. The van der Waals surface area contributed by atoms with Crippen LogP contribution in [-0.4, -0.2) is 22.7 Å². The molecule has 1 heterocycles. The van der Waals surface area contributed by atoms with E-state index >= 15 is 0 Å². The van der Waals surface area contributed by atoms with Crippen LogP contribution in [-0.2, 0) is 11.2 Å². The second-order valence-electron chi connectivity index (χ2n) is 8.19. The van der Waals surface area contributed by atoms with Crippen LogP contribution in [0.5, 0.6) is 0 Å². The molecular weight excluding hydrogens is 348 g/mol. The fourth-order valence-electron chi connectivity index (χ4n) is 3.42. The fraction of sp³-hybridized carbons (Fsp3) is 0.333. The molecular formula is C24H28N2O2. The Morgan fingerprint density at radius 1 is 1.07 bits per heavy atom. The van der Waals surface area contributed by atoms with Crippen LogP contribution in [0.1, 0.15) is 39.0 Å². The summed E-state index contributed by atoms with van der Waals surface area (Å²) in [5.41, 5.74) is 4.93. The van der Waals surface area contributed by atoms with Gasteiger partial charge in [-0.15, -0.1) is 0 Å². The van der Waals surface area contributed by atoms with E-state index in [1.807, 2.05) is 71.0 Å². The highest BCUT2D eigenvalue weighted by atomic mass is 16.6. The molecule has 1 amide bonds. The normalized spacial score (nSPS) is 12.6. The van der Waals surface area contributed by atoms with Gasteiger partial charge in [-0.25, -0.2) is 4.79 Å². The monoisotopic (exact) mass is 376 g/mol. The SMILES string of the molecule is Cc1nc2ccccc2c(-c2ccccc2)c1CC(C)NC(=O)OC(C)(C)C. The van der Waals surface area contributed by atoms with Crippen LogP contribution < -0.4 is 5.32 Å². The van der Waals surface area contributed by atoms with Gasteiger partial charge in [-0.05, 0) is 63.8 Å². The maximum atomic E-state index is 12.2. The van der Waals surface area contributed by atoms with Crippen molar-refractivity contribution >= 4 is 17.0 Å². The lowest BCUT2D eigenvalue weighted by Gasteiger charge is -2.23. The summed E-state index contributed by atoms with van der Waals surface area (Å²) in [6, 6.07) is 18.5. The number of amides is 1. The number of fused-ring (bicyclic) bond motifs is 1. The van der Waals surface area contributed by atoms with Crippen molar-refractivity contribution in [3.63, 3.8) is 0 Å². The minimum Gasteiger partial charge on any atom is -0.444 e. The molecule has 1 unspecified atom stereocenters. The zero-order valence-electron chi connectivity index (χ0n) is 17.2. The molecule has 4 nitrogen and oxygen atoms in total. The van der Waals surface area contributed by atoms with Crippen molar-refractivity contribution in [2.45, 2.75) is 52.7 Å². The molecule has 1 N–H and O–H groups in total. The largest absolute Gasteiger partial charge is 0.444 e. The van der Waals surface area contributed by atoms with Crippen LogP contribution in [0, 0.1) is 6.92 Å². The van der Waals surface area contributed by atoms with Gasteiger partial charge in [-0.1, -0.05) is 48.5 Å². The fourth-order valence-corrected chi connectivity index (χ4v) is 3.42. The van der Waals surface area contributed by atoms with Gasteiger partial charge >= 0.3 is 6.09 Å². The van der Waals surface area contributed by atoms with Crippen LogP contribution in [0.25, 0.3) is 22.0 Å². The first kappa shape index (κ1) is 19.9. The van der Waals surface area contributed by atoms with Crippen LogP contribution in [0.2, 0.25) is 0 Å². The summed E-state index contributed by atoms with van der Waals surface area (Å²) in [6.45, 7) is 9.62. The summed E-state index contributed by atoms with van der Waals surface area (Å²) in [5, 5.41) is 4.07. The molecule has 0 aliphatic carbocycles. The van der Waals surface area contributed by atoms with Crippen molar-refractivity contribution in [2.75, 3.05) is 0 Å². The van der Waals surface area contributed by atoms with E-state index < -0.39 is 11.7 Å². The first-order chi connectivity index (χ1) is 13.2. The molecule has 0 fully saturated rings. The number of carbonyl (C=O) groups is 1. The molecule has 0 aliphatic heterocycles. The number of pyridine rings is 1. The molecule has 2 aromatic carbocycles. The van der Waals surface area contributed by atoms with E-state index in [9.17, 15) is 4.79 Å². The Morgan fingerprint density at radius 2 is 1.71 bits per heavy atom. The van der Waals surface area contributed by atoms with E-state index in [1.165, 1.54) is 5.56 Å². The van der Waals surface area contributed by atoms with Crippen molar-refractivity contribution < 1.29 is 9.53 Å². The van der Waals surface area contributed by atoms with Gasteiger partial charge in [-0.3, -0.25) is 4.98 Å². The Bertz CT molecular complexity index is 975. The van der Waals surface area contributed by atoms with Crippen LogP contribution in [0.3, 0.4) is 0 Å². The molecule has 0 saturated carbocycles. The zero-order chi connectivity index (χ0) is 20.3. The first-order valence-electron chi connectivity index (χ1n) is 9.68. The Morgan fingerprint density at radius 3 is 2.39 bits per heavy atom. The van der Waals surface area contributed by atoms with Gasteiger partial charge < -0.3 is 10.1 Å². The van der Waals surface area contributed by atoms with Crippen LogP contribution in [0.15, 0.2) is 54.6 Å². The number of carbonyl (C=O) groups excluding carboxylic acids is 1. The third-order valence-corrected chi connectivity index (χ3v) is 4.54. The predicted octanol–water partition coefficient (Wildman–Crippen LogP) is 5.67. The van der Waals surface area contributed by atoms with Gasteiger partial charge in [0.2, 0.25) is 0 Å². The average molecular weight is 377 g/mol. The molecule has 3 rings (SSSR count). The van der Waals surface area contributed by atoms with E-state index in [0.29, 0.717) is 6.42 Å². The highest BCUT2D eigenvalue weighted by molar-refractivity contribution is 5.96. The molecule has 28 heavy (non-hydrogen) atoms. The third kappa shape index (κ3) is 4.69. The molecule has 3 aromatic rings. The van der Waals surface area contributed by atoms with Crippen LogP contribution >= 0.6 is 0 Å². The predicted molar refractivity (Wildman–Crippen MR) is 114 cm³/mol. The molecule has 0 radical (unpaired) electrons. The number of benzene rings is 2. The van der Waals surface area contributed by atoms with E-state index in [0.717, 1.165) is 27.7 Å². The number of ether oxygens (including phenoxy) is 1. The van der Waals surface area contributed by atoms with Crippen molar-refractivity contribution in [1.82, 2.24) is 10.3 Å². The summed E-state index contributed by atoms with van der Waals surface area (Å²) < 4.78 is 5.40. The lowest BCUT2D eigenvalue weighted by atomic mass is 9.91. The van der Waals surface area contributed by atoms with Crippen LogP contribution in [0.4, 0.5) is 4.79 Å². The number of nitrogens with zero attached hydrogens (tertiary/aromatic N) is 1. The van der Waals surface area contributed by atoms with Crippen molar-refractivity contribution in [1.29, 1.82) is 0 Å². The molecule has 0 spiro atoms. The minimum atomic E-state index is -0.514. The van der Waals surface area contributed by atoms with Gasteiger partial charge in [0, 0.05) is 17.1 Å². The molecule has 1 atom stereocenters. The van der Waals surface area contributed by atoms with Gasteiger partial charge in [0.1, 0.15) is 5.60 Å². The van der Waals surface area contributed by atoms with E-state index in [1.54, 1.807) is 0 Å². The van der Waals surface area contributed by atoms with E-state index in [-0.39, 0.29) is 6.04 Å². The summed E-state index contributed by atoms with van der Waals surface area (Å²) in [6.07, 6.45) is 0.278. The topological polar surface area (TPSA) is 51.2 Å². The molecule has 4 heteroatoms. The van der Waals surface area contributed by atoms with E-state index in [4.69, 9.17) is 9.72 Å². The first-order valence-corrected chi connectivity index (χ1v) is 9.68.